The molecular formula is C22H38O3Si2. The molecule has 1 aromatic rings. The predicted molar refractivity (Wildman–Crippen MR) is 121 cm³/mol. The van der Waals surface area contributed by atoms with Crippen molar-refractivity contribution in [1.82, 2.24) is 0 Å². The van der Waals surface area contributed by atoms with Gasteiger partial charge in [-0.3, -0.25) is 0 Å². The average molecular weight is 407 g/mol. The van der Waals surface area contributed by atoms with Gasteiger partial charge in [0, 0.05) is 17.2 Å². The van der Waals surface area contributed by atoms with Crippen LogP contribution in [0.15, 0.2) is 24.5 Å². The summed E-state index contributed by atoms with van der Waals surface area (Å²) in [6.45, 7) is 23.2. The summed E-state index contributed by atoms with van der Waals surface area (Å²) in [6, 6.07) is 6.13. The van der Waals surface area contributed by atoms with Gasteiger partial charge in [-0.05, 0) is 35.3 Å². The molecule has 1 aromatic carbocycles. The maximum Gasteiger partial charge on any atom is 0.249 e. The van der Waals surface area contributed by atoms with Crippen LogP contribution in [0.1, 0.15) is 47.1 Å². The van der Waals surface area contributed by atoms with E-state index in [2.05, 4.69) is 73.8 Å². The minimum atomic E-state index is -1.89. The Kier molecular flexibility index (Phi) is 5.72. The Morgan fingerprint density at radius 2 is 1.56 bits per heavy atom. The number of fused-ring (bicyclic) bond motifs is 1. The van der Waals surface area contributed by atoms with Gasteiger partial charge in [0.25, 0.3) is 0 Å². The third-order valence-electron chi connectivity index (χ3n) is 6.90. The van der Waals surface area contributed by atoms with Crippen LogP contribution >= 0.6 is 0 Å². The first-order valence-electron chi connectivity index (χ1n) is 9.85. The second-order valence-corrected chi connectivity index (χ2v) is 21.0. The van der Waals surface area contributed by atoms with E-state index in [1.165, 1.54) is 5.57 Å². The molecule has 0 aliphatic carbocycles. The molecule has 0 saturated heterocycles. The number of hydrogen-bond acceptors (Lipinski definition) is 3. The van der Waals surface area contributed by atoms with Gasteiger partial charge in [0.15, 0.2) is 0 Å². The second-order valence-electron chi connectivity index (χ2n) is 10.8. The maximum atomic E-state index is 6.55. The molecule has 2 rings (SSSR count). The second kappa shape index (κ2) is 7.00. The summed E-state index contributed by atoms with van der Waals surface area (Å²) in [6.07, 6.45) is 2.03. The molecule has 0 spiro atoms. The van der Waals surface area contributed by atoms with E-state index in [1.807, 2.05) is 18.4 Å². The molecule has 0 aromatic heterocycles. The van der Waals surface area contributed by atoms with E-state index in [4.69, 9.17) is 13.9 Å². The lowest BCUT2D eigenvalue weighted by molar-refractivity contribution is 0.327. The highest BCUT2D eigenvalue weighted by molar-refractivity contribution is 6.83. The number of ether oxygens (including phenoxy) is 2. The quantitative estimate of drug-likeness (QED) is 0.403. The molecule has 27 heavy (non-hydrogen) atoms. The van der Waals surface area contributed by atoms with Gasteiger partial charge < -0.3 is 13.9 Å². The summed E-state index contributed by atoms with van der Waals surface area (Å²) in [7, 11) is -1.99. The highest BCUT2D eigenvalue weighted by Gasteiger charge is 2.49. The Labute approximate surface area is 168 Å². The van der Waals surface area contributed by atoms with Crippen molar-refractivity contribution in [1.29, 1.82) is 0 Å². The molecule has 0 bridgehead atoms. The van der Waals surface area contributed by atoms with Gasteiger partial charge in [-0.1, -0.05) is 54.6 Å². The van der Waals surface area contributed by atoms with E-state index < -0.39 is 16.4 Å². The fraction of sp³-hybridized carbons (Fsp3) is 0.636. The lowest BCUT2D eigenvalue weighted by Crippen LogP contribution is -2.51. The van der Waals surface area contributed by atoms with Crippen molar-refractivity contribution < 1.29 is 13.9 Å². The van der Waals surface area contributed by atoms with Crippen molar-refractivity contribution >= 4 is 22.0 Å². The summed E-state index contributed by atoms with van der Waals surface area (Å²) >= 11 is 0. The largest absolute Gasteiger partial charge is 0.549 e. The Hall–Kier alpha value is -1.21. The molecular weight excluding hydrogens is 368 g/mol. The van der Waals surface area contributed by atoms with Crippen LogP contribution in [0.2, 0.25) is 36.3 Å². The Balaban J connectivity index is 2.53. The van der Waals surface area contributed by atoms with Gasteiger partial charge in [-0.25, -0.2) is 0 Å². The van der Waals surface area contributed by atoms with E-state index in [1.54, 1.807) is 7.11 Å². The van der Waals surface area contributed by atoms with Crippen molar-refractivity contribution in [3.05, 3.63) is 30.0 Å². The van der Waals surface area contributed by atoms with Crippen molar-refractivity contribution in [3.63, 3.8) is 0 Å². The van der Waals surface area contributed by atoms with Crippen molar-refractivity contribution in [2.45, 2.75) is 83.5 Å². The summed E-state index contributed by atoms with van der Waals surface area (Å²) in [4.78, 5) is 0. The number of methoxy groups -OCH3 is 1. The van der Waals surface area contributed by atoms with Crippen LogP contribution in [0.3, 0.4) is 0 Å². The molecule has 0 N–H and O–H groups in total. The van der Waals surface area contributed by atoms with Gasteiger partial charge in [0.1, 0.15) is 25.3 Å². The standard InChI is InChI=1S/C22H38O3Si2/c1-21(2,3)26(8,9)20-18(15-24-27(10,11)22(4,5)6)17-13-12-16(23-7)14-19(17)25-20/h12-15,20H,1-11H3. The van der Waals surface area contributed by atoms with Crippen molar-refractivity contribution in [3.8, 4) is 11.5 Å². The fourth-order valence-corrected chi connectivity index (χ4v) is 5.72. The van der Waals surface area contributed by atoms with Gasteiger partial charge in [0.05, 0.1) is 13.4 Å². The third-order valence-corrected chi connectivity index (χ3v) is 16.8. The van der Waals surface area contributed by atoms with Gasteiger partial charge in [-0.2, -0.15) is 0 Å². The molecule has 1 unspecified atom stereocenters. The molecule has 1 heterocycles. The number of rotatable bonds is 4. The minimum Gasteiger partial charge on any atom is -0.549 e. The molecule has 1 aliphatic rings. The molecule has 0 amide bonds. The van der Waals surface area contributed by atoms with Crippen LogP contribution in [-0.4, -0.2) is 29.2 Å². The first-order valence-corrected chi connectivity index (χ1v) is 15.8. The molecule has 0 saturated carbocycles. The zero-order chi connectivity index (χ0) is 20.8. The summed E-state index contributed by atoms with van der Waals surface area (Å²) in [5, 5.41) is 0.374. The van der Waals surface area contributed by atoms with Crippen LogP contribution in [0.25, 0.3) is 5.57 Å². The Bertz CT molecular complexity index is 722. The van der Waals surface area contributed by atoms with Crippen LogP contribution in [0.5, 0.6) is 11.5 Å². The number of hydrogen-bond donors (Lipinski definition) is 0. The lowest BCUT2D eigenvalue weighted by atomic mass is 10.1. The van der Waals surface area contributed by atoms with E-state index >= 15 is 0 Å². The van der Waals surface area contributed by atoms with E-state index in [0.717, 1.165) is 17.1 Å². The molecule has 3 nitrogen and oxygen atoms in total. The Morgan fingerprint density at radius 3 is 2.04 bits per heavy atom. The number of benzene rings is 1. The van der Waals surface area contributed by atoms with Crippen LogP contribution in [0.4, 0.5) is 0 Å². The SMILES string of the molecule is COc1ccc2c(c1)OC([Si](C)(C)C(C)(C)C)C2=CO[Si](C)(C)C(C)(C)C. The predicted octanol–water partition coefficient (Wildman–Crippen LogP) is 6.87. The Morgan fingerprint density at radius 1 is 0.963 bits per heavy atom. The van der Waals surface area contributed by atoms with E-state index in [-0.39, 0.29) is 15.8 Å². The zero-order valence-electron chi connectivity index (χ0n) is 19.1. The van der Waals surface area contributed by atoms with Crippen LogP contribution < -0.4 is 9.47 Å². The summed E-state index contributed by atoms with van der Waals surface area (Å²) in [5.74, 6) is 1.74. The molecule has 152 valence electrons. The van der Waals surface area contributed by atoms with Gasteiger partial charge in [0.2, 0.25) is 8.32 Å². The average Bonchev–Trinajstić information content (AvgIpc) is 2.89. The molecule has 0 fully saturated rings. The first kappa shape index (κ1) is 22.1. The highest BCUT2D eigenvalue weighted by Crippen LogP contribution is 2.49. The minimum absolute atomic E-state index is 0.0735. The molecule has 1 aliphatic heterocycles. The van der Waals surface area contributed by atoms with Gasteiger partial charge >= 0.3 is 0 Å². The monoisotopic (exact) mass is 406 g/mol. The summed E-state index contributed by atoms with van der Waals surface area (Å²) in [5.41, 5.74) is 2.41. The normalized spacial score (nSPS) is 19.7. The van der Waals surface area contributed by atoms with Crippen molar-refractivity contribution in [2.24, 2.45) is 0 Å². The molecule has 1 atom stereocenters. The topological polar surface area (TPSA) is 27.7 Å². The lowest BCUT2D eigenvalue weighted by Gasteiger charge is -2.41. The third kappa shape index (κ3) is 4.14. The fourth-order valence-electron chi connectivity index (χ4n) is 2.74. The maximum absolute atomic E-state index is 6.55. The van der Waals surface area contributed by atoms with Crippen molar-refractivity contribution in [2.75, 3.05) is 7.11 Å². The van der Waals surface area contributed by atoms with Gasteiger partial charge in [-0.15, -0.1) is 0 Å². The first-order chi connectivity index (χ1) is 12.1. The highest BCUT2D eigenvalue weighted by atomic mass is 28.4. The zero-order valence-corrected chi connectivity index (χ0v) is 21.1. The van der Waals surface area contributed by atoms with E-state index in [0.29, 0.717) is 0 Å². The van der Waals surface area contributed by atoms with E-state index in [9.17, 15) is 0 Å². The van der Waals surface area contributed by atoms with Crippen LogP contribution in [0, 0.1) is 0 Å². The molecule has 0 radical (unpaired) electrons. The summed E-state index contributed by atoms with van der Waals surface area (Å²) < 4.78 is 18.5. The molecule has 5 heteroatoms. The smallest absolute Gasteiger partial charge is 0.249 e. The van der Waals surface area contributed by atoms with Crippen LogP contribution in [-0.2, 0) is 4.43 Å².